The highest BCUT2D eigenvalue weighted by Gasteiger charge is 2.23. The highest BCUT2D eigenvalue weighted by Crippen LogP contribution is 2.29. The van der Waals surface area contributed by atoms with Gasteiger partial charge in [-0.15, -0.1) is 12.4 Å². The molecule has 33 heavy (non-hydrogen) atoms. The van der Waals surface area contributed by atoms with E-state index in [-0.39, 0.29) is 41.8 Å². The summed E-state index contributed by atoms with van der Waals surface area (Å²) in [7, 11) is 6.69. The topological polar surface area (TPSA) is 98.3 Å². The third kappa shape index (κ3) is 4.54. The number of thiazole rings is 1. The minimum Gasteiger partial charge on any atom is -0.315 e. The van der Waals surface area contributed by atoms with Gasteiger partial charge >= 0.3 is 5.69 Å². The van der Waals surface area contributed by atoms with Gasteiger partial charge in [0.2, 0.25) is 5.91 Å². The maximum atomic E-state index is 13.6. The summed E-state index contributed by atoms with van der Waals surface area (Å²) in [5, 5.41) is 0.446. The van der Waals surface area contributed by atoms with Crippen LogP contribution in [0.3, 0.4) is 0 Å². The predicted molar refractivity (Wildman–Crippen MR) is 128 cm³/mol. The molecule has 0 saturated heterocycles. The molecule has 4 aromatic rings. The first kappa shape index (κ1) is 24.6. The molecule has 176 valence electrons. The third-order valence-corrected chi connectivity index (χ3v) is 6.21. The molecular weight excluding hydrogens is 473 g/mol. The van der Waals surface area contributed by atoms with Gasteiger partial charge in [-0.25, -0.2) is 19.2 Å². The van der Waals surface area contributed by atoms with Crippen molar-refractivity contribution in [3.63, 3.8) is 0 Å². The van der Waals surface area contributed by atoms with Gasteiger partial charge in [0.25, 0.3) is 5.56 Å². The quantitative estimate of drug-likeness (QED) is 0.398. The first-order valence-electron chi connectivity index (χ1n) is 9.79. The summed E-state index contributed by atoms with van der Waals surface area (Å²) in [6.45, 7) is 0.774. The van der Waals surface area contributed by atoms with Crippen molar-refractivity contribution in [3.8, 4) is 0 Å². The van der Waals surface area contributed by atoms with Gasteiger partial charge in [0.05, 0.1) is 16.5 Å². The molecular formula is C20H23ClFN7O3S. The van der Waals surface area contributed by atoms with Crippen LogP contribution in [0.25, 0.3) is 21.4 Å². The molecule has 0 aliphatic heterocycles. The van der Waals surface area contributed by atoms with Crippen molar-refractivity contribution in [2.45, 2.75) is 6.54 Å². The normalized spacial score (nSPS) is 11.3. The lowest BCUT2D eigenvalue weighted by atomic mass is 10.3. The molecule has 13 heteroatoms. The van der Waals surface area contributed by atoms with Crippen molar-refractivity contribution in [1.82, 2.24) is 28.6 Å². The second kappa shape index (κ2) is 9.41. The van der Waals surface area contributed by atoms with E-state index in [4.69, 9.17) is 0 Å². The summed E-state index contributed by atoms with van der Waals surface area (Å²) in [5.41, 5.74) is -0.0359. The zero-order valence-corrected chi connectivity index (χ0v) is 20.1. The Hall–Kier alpha value is -3.09. The number of carbonyl (C=O) groups is 1. The Labute approximate surface area is 197 Å². The molecule has 0 radical (unpaired) electrons. The lowest BCUT2D eigenvalue weighted by Crippen LogP contribution is -2.40. The summed E-state index contributed by atoms with van der Waals surface area (Å²) in [6.07, 6.45) is 1.38. The lowest BCUT2D eigenvalue weighted by molar-refractivity contribution is -0.119. The van der Waals surface area contributed by atoms with E-state index in [0.717, 1.165) is 4.57 Å². The Balaban J connectivity index is 0.00000306. The SMILES string of the molecule is CN(C)CCN(C(=O)Cn1cnc2c1c(=O)n(C)c(=O)n2C)c1nc2ccc(F)cc2s1.Cl. The molecule has 0 fully saturated rings. The van der Waals surface area contributed by atoms with Crippen LogP contribution in [-0.4, -0.2) is 61.7 Å². The van der Waals surface area contributed by atoms with Crippen LogP contribution in [0.5, 0.6) is 0 Å². The zero-order chi connectivity index (χ0) is 23.2. The van der Waals surface area contributed by atoms with E-state index in [0.29, 0.717) is 28.4 Å². The average molecular weight is 496 g/mol. The number of aryl methyl sites for hydroxylation is 1. The van der Waals surface area contributed by atoms with Gasteiger partial charge in [-0.05, 0) is 32.3 Å². The summed E-state index contributed by atoms with van der Waals surface area (Å²) >= 11 is 1.23. The molecule has 1 aromatic carbocycles. The molecule has 0 aliphatic carbocycles. The minimum absolute atomic E-state index is 0. The van der Waals surface area contributed by atoms with Crippen molar-refractivity contribution >= 4 is 56.2 Å². The molecule has 0 N–H and O–H groups in total. The number of hydrogen-bond acceptors (Lipinski definition) is 7. The maximum Gasteiger partial charge on any atom is 0.332 e. The van der Waals surface area contributed by atoms with E-state index < -0.39 is 11.2 Å². The number of fused-ring (bicyclic) bond motifs is 2. The van der Waals surface area contributed by atoms with Gasteiger partial charge in [0.15, 0.2) is 16.3 Å². The second-order valence-electron chi connectivity index (χ2n) is 7.71. The number of carbonyl (C=O) groups excluding carboxylic acids is 1. The van der Waals surface area contributed by atoms with Crippen molar-refractivity contribution in [1.29, 1.82) is 0 Å². The van der Waals surface area contributed by atoms with Gasteiger partial charge in [-0.3, -0.25) is 23.6 Å². The van der Waals surface area contributed by atoms with Crippen LogP contribution in [0, 0.1) is 5.82 Å². The summed E-state index contributed by atoms with van der Waals surface area (Å²) in [4.78, 5) is 50.3. The van der Waals surface area contributed by atoms with Crippen LogP contribution in [0.4, 0.5) is 9.52 Å². The van der Waals surface area contributed by atoms with E-state index in [1.54, 1.807) is 6.07 Å². The fourth-order valence-corrected chi connectivity index (χ4v) is 4.41. The Morgan fingerprint density at radius 2 is 1.88 bits per heavy atom. The molecule has 0 bridgehead atoms. The first-order valence-corrected chi connectivity index (χ1v) is 10.6. The number of likely N-dealkylation sites (N-methyl/N-ethyl adjacent to an activating group) is 1. The molecule has 0 atom stereocenters. The average Bonchev–Trinajstić information content (AvgIpc) is 3.34. The fraction of sp³-hybridized carbons (Fsp3) is 0.350. The summed E-state index contributed by atoms with van der Waals surface area (Å²) in [6, 6.07) is 4.29. The molecule has 3 heterocycles. The van der Waals surface area contributed by atoms with Crippen LogP contribution in [0.2, 0.25) is 0 Å². The monoisotopic (exact) mass is 495 g/mol. The fourth-order valence-electron chi connectivity index (χ4n) is 3.38. The van der Waals surface area contributed by atoms with Crippen LogP contribution in [0.1, 0.15) is 0 Å². The summed E-state index contributed by atoms with van der Waals surface area (Å²) in [5.74, 6) is -0.674. The predicted octanol–water partition coefficient (Wildman–Crippen LogP) is 1.20. The van der Waals surface area contributed by atoms with E-state index in [1.165, 1.54) is 57.9 Å². The highest BCUT2D eigenvalue weighted by molar-refractivity contribution is 7.22. The Kier molecular flexibility index (Phi) is 7.00. The number of nitrogens with zero attached hydrogens (tertiary/aromatic N) is 7. The number of halogens is 2. The molecule has 10 nitrogen and oxygen atoms in total. The second-order valence-corrected chi connectivity index (χ2v) is 8.72. The molecule has 3 aromatic heterocycles. The van der Waals surface area contributed by atoms with Gasteiger partial charge in [-0.1, -0.05) is 11.3 Å². The molecule has 0 saturated carbocycles. The van der Waals surface area contributed by atoms with Crippen molar-refractivity contribution in [2.24, 2.45) is 14.1 Å². The van der Waals surface area contributed by atoms with E-state index >= 15 is 0 Å². The van der Waals surface area contributed by atoms with Crippen LogP contribution < -0.4 is 16.1 Å². The van der Waals surface area contributed by atoms with Gasteiger partial charge in [0, 0.05) is 27.2 Å². The third-order valence-electron chi connectivity index (χ3n) is 5.16. The van der Waals surface area contributed by atoms with Crippen LogP contribution in [-0.2, 0) is 25.4 Å². The molecule has 0 unspecified atom stereocenters. The molecule has 0 aliphatic rings. The van der Waals surface area contributed by atoms with Gasteiger partial charge in [0.1, 0.15) is 12.4 Å². The number of rotatable bonds is 6. The maximum absolute atomic E-state index is 13.6. The Morgan fingerprint density at radius 1 is 1.15 bits per heavy atom. The van der Waals surface area contributed by atoms with Crippen molar-refractivity contribution in [2.75, 3.05) is 32.1 Å². The standard InChI is InChI=1S/C20H22FN7O3S.ClH/c1-24(2)7-8-28(19-23-13-6-5-12(21)9-14(13)32-19)15(29)10-27-11-22-17-16(27)18(30)26(4)20(31)25(17)3;/h5-6,9,11H,7-8,10H2,1-4H3;1H. The smallest absolute Gasteiger partial charge is 0.315 e. The first-order chi connectivity index (χ1) is 15.2. The van der Waals surface area contributed by atoms with Crippen LogP contribution >= 0.6 is 23.7 Å². The molecule has 4 rings (SSSR count). The van der Waals surface area contributed by atoms with E-state index in [2.05, 4.69) is 9.97 Å². The highest BCUT2D eigenvalue weighted by atomic mass is 35.5. The van der Waals surface area contributed by atoms with E-state index in [9.17, 15) is 18.8 Å². The lowest BCUT2D eigenvalue weighted by Gasteiger charge is -2.22. The van der Waals surface area contributed by atoms with Crippen molar-refractivity contribution in [3.05, 3.63) is 51.2 Å². The van der Waals surface area contributed by atoms with E-state index in [1.807, 2.05) is 19.0 Å². The van der Waals surface area contributed by atoms with Crippen molar-refractivity contribution < 1.29 is 9.18 Å². The number of amides is 1. The van der Waals surface area contributed by atoms with Gasteiger partial charge < -0.3 is 9.47 Å². The molecule has 0 spiro atoms. The van der Waals surface area contributed by atoms with Gasteiger partial charge in [-0.2, -0.15) is 0 Å². The minimum atomic E-state index is -0.524. The molecule has 1 amide bonds. The Morgan fingerprint density at radius 3 is 2.58 bits per heavy atom. The zero-order valence-electron chi connectivity index (χ0n) is 18.5. The Bertz CT molecular complexity index is 1460. The largest absolute Gasteiger partial charge is 0.332 e. The number of anilines is 1. The van der Waals surface area contributed by atoms with Crippen LogP contribution in [0.15, 0.2) is 34.1 Å². The number of hydrogen-bond donors (Lipinski definition) is 0. The number of imidazole rings is 1. The number of aromatic nitrogens is 5. The summed E-state index contributed by atoms with van der Waals surface area (Å²) < 4.78 is 17.9. The number of benzene rings is 1.